The van der Waals surface area contributed by atoms with Crippen molar-refractivity contribution >= 4 is 22.8 Å². The van der Waals surface area contributed by atoms with Gasteiger partial charge in [-0.05, 0) is 50.8 Å². The Morgan fingerprint density at radius 3 is 2.45 bits per heavy atom. The topological polar surface area (TPSA) is 80.1 Å². The van der Waals surface area contributed by atoms with Crippen molar-refractivity contribution < 1.29 is 9.59 Å². The van der Waals surface area contributed by atoms with Gasteiger partial charge in [0.15, 0.2) is 5.65 Å². The van der Waals surface area contributed by atoms with Crippen molar-refractivity contribution in [1.29, 1.82) is 0 Å². The molecule has 0 spiro atoms. The predicted octanol–water partition coefficient (Wildman–Crippen LogP) is 3.19. The van der Waals surface area contributed by atoms with Crippen LogP contribution in [0, 0.1) is 6.92 Å². The molecule has 2 fully saturated rings. The van der Waals surface area contributed by atoms with Crippen LogP contribution in [0.4, 0.5) is 0 Å². The van der Waals surface area contributed by atoms with Crippen molar-refractivity contribution in [3.8, 4) is 0 Å². The smallest absolute Gasteiger partial charge is 0.254 e. The first kappa shape index (κ1) is 19.7. The van der Waals surface area contributed by atoms with E-state index in [1.165, 1.54) is 0 Å². The second-order valence-electron chi connectivity index (χ2n) is 8.68. The Hall–Kier alpha value is -3.22. The molecule has 0 bridgehead atoms. The molecule has 0 radical (unpaired) electrons. The summed E-state index contributed by atoms with van der Waals surface area (Å²) >= 11 is 0. The van der Waals surface area contributed by atoms with Gasteiger partial charge in [-0.25, -0.2) is 4.98 Å². The summed E-state index contributed by atoms with van der Waals surface area (Å²) < 4.78 is 1.78. The van der Waals surface area contributed by atoms with Crippen molar-refractivity contribution in [2.24, 2.45) is 7.05 Å². The lowest BCUT2D eigenvalue weighted by Crippen LogP contribution is -2.46. The lowest BCUT2D eigenvalue weighted by atomic mass is 10.0. The normalized spacial score (nSPS) is 17.2. The van der Waals surface area contributed by atoms with E-state index < -0.39 is 0 Å². The van der Waals surface area contributed by atoms with Crippen LogP contribution < -0.4 is 5.32 Å². The van der Waals surface area contributed by atoms with Crippen LogP contribution in [0.5, 0.6) is 0 Å². The number of carbonyl (C=O) groups is 2. The van der Waals surface area contributed by atoms with E-state index in [0.717, 1.165) is 48.1 Å². The van der Waals surface area contributed by atoms with Gasteiger partial charge in [0, 0.05) is 43.4 Å². The van der Waals surface area contributed by atoms with E-state index in [2.05, 4.69) is 10.4 Å². The predicted molar refractivity (Wildman–Crippen MR) is 118 cm³/mol. The summed E-state index contributed by atoms with van der Waals surface area (Å²) in [6.07, 6.45) is 3.77. The molecule has 1 N–H and O–H groups in total. The van der Waals surface area contributed by atoms with Crippen LogP contribution in [0.1, 0.15) is 63.7 Å². The van der Waals surface area contributed by atoms with Gasteiger partial charge < -0.3 is 10.2 Å². The van der Waals surface area contributed by atoms with Gasteiger partial charge in [-0.15, -0.1) is 0 Å². The Labute approximate surface area is 181 Å². The number of nitrogens with zero attached hydrogens (tertiary/aromatic N) is 4. The number of likely N-dealkylation sites (tertiary alicyclic amines) is 1. The second kappa shape index (κ2) is 7.80. The van der Waals surface area contributed by atoms with E-state index >= 15 is 0 Å². The molecule has 1 aromatic carbocycles. The maximum absolute atomic E-state index is 13.5. The average Bonchev–Trinajstić information content (AvgIpc) is 3.60. The minimum absolute atomic E-state index is 0.0400. The molecule has 2 aliphatic rings. The number of piperidine rings is 1. The molecule has 5 rings (SSSR count). The summed E-state index contributed by atoms with van der Waals surface area (Å²) in [4.78, 5) is 32.6. The zero-order valence-electron chi connectivity index (χ0n) is 18.0. The number of pyridine rings is 1. The summed E-state index contributed by atoms with van der Waals surface area (Å²) in [7, 11) is 1.88. The maximum atomic E-state index is 13.5. The van der Waals surface area contributed by atoms with E-state index in [1.54, 1.807) is 4.68 Å². The third-order valence-electron chi connectivity index (χ3n) is 6.37. The number of hydrogen-bond acceptors (Lipinski definition) is 4. The van der Waals surface area contributed by atoms with Gasteiger partial charge in [-0.2, -0.15) is 5.10 Å². The molecule has 160 valence electrons. The minimum Gasteiger partial charge on any atom is -0.349 e. The molecular formula is C24H27N5O2. The molecule has 31 heavy (non-hydrogen) atoms. The molecule has 2 amide bonds. The number of nitrogens with one attached hydrogen (secondary N) is 1. The highest BCUT2D eigenvalue weighted by atomic mass is 16.2. The third-order valence-corrected chi connectivity index (χ3v) is 6.37. The zero-order valence-corrected chi connectivity index (χ0v) is 18.0. The van der Waals surface area contributed by atoms with Gasteiger partial charge >= 0.3 is 0 Å². The van der Waals surface area contributed by atoms with Crippen molar-refractivity contribution in [1.82, 2.24) is 25.0 Å². The Kier molecular flexibility index (Phi) is 4.96. The fourth-order valence-corrected chi connectivity index (χ4v) is 4.48. The molecule has 0 atom stereocenters. The Morgan fingerprint density at radius 2 is 1.77 bits per heavy atom. The number of hydrogen-bond donors (Lipinski definition) is 1. The summed E-state index contributed by atoms with van der Waals surface area (Å²) in [5.74, 6) is 0.449. The number of benzene rings is 1. The first-order chi connectivity index (χ1) is 15.0. The van der Waals surface area contributed by atoms with E-state index in [4.69, 9.17) is 4.98 Å². The van der Waals surface area contributed by atoms with Gasteiger partial charge in [0.2, 0.25) is 0 Å². The van der Waals surface area contributed by atoms with E-state index in [9.17, 15) is 9.59 Å². The molecular weight excluding hydrogens is 390 g/mol. The lowest BCUT2D eigenvalue weighted by Gasteiger charge is -2.32. The minimum atomic E-state index is -0.0544. The zero-order chi connectivity index (χ0) is 21.5. The van der Waals surface area contributed by atoms with Crippen LogP contribution in [-0.2, 0) is 7.05 Å². The van der Waals surface area contributed by atoms with Crippen LogP contribution in [-0.4, -0.2) is 50.6 Å². The first-order valence-corrected chi connectivity index (χ1v) is 11.0. The van der Waals surface area contributed by atoms with Crippen LogP contribution in [0.25, 0.3) is 11.0 Å². The molecule has 7 heteroatoms. The Balaban J connectivity index is 1.32. The summed E-state index contributed by atoms with van der Waals surface area (Å²) in [5, 5.41) is 8.48. The number of aryl methyl sites for hydroxylation is 2. The number of rotatable bonds is 4. The highest BCUT2D eigenvalue weighted by Crippen LogP contribution is 2.40. The first-order valence-electron chi connectivity index (χ1n) is 11.0. The quantitative estimate of drug-likeness (QED) is 0.707. The van der Waals surface area contributed by atoms with Crippen LogP contribution >= 0.6 is 0 Å². The molecule has 7 nitrogen and oxygen atoms in total. The van der Waals surface area contributed by atoms with Crippen molar-refractivity contribution in [3.63, 3.8) is 0 Å². The van der Waals surface area contributed by atoms with E-state index in [1.807, 2.05) is 55.3 Å². The monoisotopic (exact) mass is 417 g/mol. The molecule has 1 aliphatic carbocycles. The van der Waals surface area contributed by atoms with Crippen molar-refractivity contribution in [2.75, 3.05) is 13.1 Å². The fraction of sp³-hybridized carbons (Fsp3) is 0.417. The van der Waals surface area contributed by atoms with Gasteiger partial charge in [0.1, 0.15) is 0 Å². The van der Waals surface area contributed by atoms with E-state index in [-0.39, 0.29) is 17.9 Å². The molecule has 0 unspecified atom stereocenters. The molecule has 3 aromatic rings. The molecule has 2 aromatic heterocycles. The van der Waals surface area contributed by atoms with Crippen molar-refractivity contribution in [3.05, 3.63) is 58.9 Å². The SMILES string of the molecule is Cc1nn(C)c2nc(C3CC3)cc(C(=O)N3CCC(NC(=O)c4ccccc4)CC3)c12. The van der Waals surface area contributed by atoms with Gasteiger partial charge in [-0.3, -0.25) is 14.3 Å². The molecule has 3 heterocycles. The van der Waals surface area contributed by atoms with Crippen LogP contribution in [0.3, 0.4) is 0 Å². The molecule has 1 saturated carbocycles. The third kappa shape index (κ3) is 3.80. The molecule has 1 aliphatic heterocycles. The Morgan fingerprint density at radius 1 is 1.06 bits per heavy atom. The van der Waals surface area contributed by atoms with Gasteiger partial charge in [-0.1, -0.05) is 18.2 Å². The standard InChI is InChI=1S/C24H27N5O2/c1-15-21-19(14-20(16-8-9-16)26-22(21)28(2)27-15)24(31)29-12-10-18(11-13-29)25-23(30)17-6-4-3-5-7-17/h3-7,14,16,18H,8-13H2,1-2H3,(H,25,30). The Bertz CT molecular complexity index is 1140. The number of aromatic nitrogens is 3. The van der Waals surface area contributed by atoms with E-state index in [0.29, 0.717) is 30.1 Å². The second-order valence-corrected chi connectivity index (χ2v) is 8.68. The van der Waals surface area contributed by atoms with Gasteiger partial charge in [0.25, 0.3) is 11.8 Å². The fourth-order valence-electron chi connectivity index (χ4n) is 4.48. The highest BCUT2D eigenvalue weighted by molar-refractivity contribution is 6.06. The van der Waals surface area contributed by atoms with Crippen molar-refractivity contribution in [2.45, 2.75) is 44.6 Å². The average molecular weight is 418 g/mol. The lowest BCUT2D eigenvalue weighted by molar-refractivity contribution is 0.0699. The largest absolute Gasteiger partial charge is 0.349 e. The number of carbonyl (C=O) groups excluding carboxylic acids is 2. The number of amides is 2. The summed E-state index contributed by atoms with van der Waals surface area (Å²) in [6, 6.07) is 11.3. The van der Waals surface area contributed by atoms with Crippen LogP contribution in [0.2, 0.25) is 0 Å². The molecule has 1 saturated heterocycles. The summed E-state index contributed by atoms with van der Waals surface area (Å²) in [6.45, 7) is 3.18. The number of fused-ring (bicyclic) bond motifs is 1. The highest BCUT2D eigenvalue weighted by Gasteiger charge is 2.31. The van der Waals surface area contributed by atoms with Gasteiger partial charge in [0.05, 0.1) is 16.6 Å². The van der Waals surface area contributed by atoms with Crippen LogP contribution in [0.15, 0.2) is 36.4 Å². The maximum Gasteiger partial charge on any atom is 0.254 e. The summed E-state index contributed by atoms with van der Waals surface area (Å²) in [5.41, 5.74) is 4.00.